The van der Waals surface area contributed by atoms with E-state index >= 15 is 0 Å². The van der Waals surface area contributed by atoms with Gasteiger partial charge in [-0.15, -0.1) is 0 Å². The summed E-state index contributed by atoms with van der Waals surface area (Å²) < 4.78 is 43.7. The smallest absolute Gasteiger partial charge is 0.418 e. The molecule has 0 bridgehead atoms. The van der Waals surface area contributed by atoms with Crippen LogP contribution in [0.2, 0.25) is 5.22 Å². The fourth-order valence-electron chi connectivity index (χ4n) is 1.48. The number of carbonyl (C=O) groups is 1. The maximum Gasteiger partial charge on any atom is 0.418 e. The predicted molar refractivity (Wildman–Crippen MR) is 70.8 cm³/mol. The fraction of sp³-hybridized carbons (Fsp3) is 0.0833. The van der Waals surface area contributed by atoms with Gasteiger partial charge in [0.05, 0.1) is 11.3 Å². The van der Waals surface area contributed by atoms with Gasteiger partial charge in [-0.2, -0.15) is 13.2 Å². The Morgan fingerprint density at radius 1 is 1.25 bits per heavy atom. The fourth-order valence-corrected chi connectivity index (χ4v) is 1.99. The molecule has 0 aliphatic carbocycles. The highest BCUT2D eigenvalue weighted by atomic mass is 79.9. The molecular formula is C12H6BrClF3NO2. The maximum atomic E-state index is 12.9. The second-order valence-electron chi connectivity index (χ2n) is 3.75. The second kappa shape index (κ2) is 5.49. The first-order chi connectivity index (χ1) is 9.27. The number of furan rings is 1. The Hall–Kier alpha value is -1.47. The van der Waals surface area contributed by atoms with Crippen LogP contribution in [0.5, 0.6) is 0 Å². The number of benzene rings is 1. The average molecular weight is 369 g/mol. The van der Waals surface area contributed by atoms with Crippen LogP contribution in [0.15, 0.2) is 39.2 Å². The number of halogens is 5. The van der Waals surface area contributed by atoms with Gasteiger partial charge in [-0.05, 0) is 41.9 Å². The summed E-state index contributed by atoms with van der Waals surface area (Å²) in [6, 6.07) is 6.01. The summed E-state index contributed by atoms with van der Waals surface area (Å²) >= 11 is 8.45. The van der Waals surface area contributed by atoms with Crippen molar-refractivity contribution in [1.82, 2.24) is 0 Å². The van der Waals surface area contributed by atoms with E-state index < -0.39 is 17.6 Å². The van der Waals surface area contributed by atoms with Crippen LogP contribution in [0.3, 0.4) is 0 Å². The zero-order valence-electron chi connectivity index (χ0n) is 9.59. The largest absolute Gasteiger partial charge is 0.440 e. The van der Waals surface area contributed by atoms with E-state index in [1.807, 2.05) is 0 Å². The van der Waals surface area contributed by atoms with Gasteiger partial charge in [-0.25, -0.2) is 0 Å². The third-order valence-electron chi connectivity index (χ3n) is 2.33. The lowest BCUT2D eigenvalue weighted by Crippen LogP contribution is -2.16. The van der Waals surface area contributed by atoms with Crippen molar-refractivity contribution in [3.8, 4) is 0 Å². The highest BCUT2D eigenvalue weighted by molar-refractivity contribution is 9.10. The van der Waals surface area contributed by atoms with Gasteiger partial charge in [0.2, 0.25) is 0 Å². The molecule has 1 N–H and O–H groups in total. The highest BCUT2D eigenvalue weighted by Gasteiger charge is 2.34. The Labute approximate surface area is 124 Å². The molecule has 2 rings (SSSR count). The van der Waals surface area contributed by atoms with Crippen LogP contribution in [0.4, 0.5) is 18.9 Å². The van der Waals surface area contributed by atoms with Crippen LogP contribution >= 0.6 is 27.5 Å². The van der Waals surface area contributed by atoms with Gasteiger partial charge in [0.25, 0.3) is 5.91 Å². The van der Waals surface area contributed by atoms with E-state index in [0.717, 1.165) is 12.1 Å². The molecule has 0 aliphatic heterocycles. The van der Waals surface area contributed by atoms with Gasteiger partial charge in [0, 0.05) is 4.47 Å². The summed E-state index contributed by atoms with van der Waals surface area (Å²) in [5, 5.41) is 2.12. The number of anilines is 1. The predicted octanol–water partition coefficient (Wildman–Crippen LogP) is 4.97. The Morgan fingerprint density at radius 2 is 1.95 bits per heavy atom. The molecular weight excluding hydrogens is 362 g/mol. The molecule has 3 nitrogen and oxygen atoms in total. The minimum absolute atomic E-state index is 0.0259. The number of rotatable bonds is 2. The number of alkyl halides is 3. The summed E-state index contributed by atoms with van der Waals surface area (Å²) in [6.45, 7) is 0. The van der Waals surface area contributed by atoms with Crippen molar-refractivity contribution in [2.24, 2.45) is 0 Å². The van der Waals surface area contributed by atoms with Gasteiger partial charge in [0.1, 0.15) is 0 Å². The van der Waals surface area contributed by atoms with E-state index in [1.54, 1.807) is 0 Å². The number of hydrogen-bond donors (Lipinski definition) is 1. The van der Waals surface area contributed by atoms with Crippen molar-refractivity contribution < 1.29 is 22.4 Å². The molecule has 0 fully saturated rings. The Balaban J connectivity index is 2.32. The van der Waals surface area contributed by atoms with Crippen LogP contribution in [0.25, 0.3) is 0 Å². The van der Waals surface area contributed by atoms with Crippen molar-refractivity contribution in [2.75, 3.05) is 5.32 Å². The molecule has 1 heterocycles. The van der Waals surface area contributed by atoms with Crippen LogP contribution in [-0.4, -0.2) is 5.91 Å². The zero-order valence-corrected chi connectivity index (χ0v) is 11.9. The van der Waals surface area contributed by atoms with Crippen LogP contribution in [0.1, 0.15) is 16.1 Å². The van der Waals surface area contributed by atoms with Gasteiger partial charge in [0.15, 0.2) is 11.0 Å². The second-order valence-corrected chi connectivity index (χ2v) is 5.03. The number of nitrogens with one attached hydrogen (secondary N) is 1. The minimum Gasteiger partial charge on any atom is -0.440 e. The van der Waals surface area contributed by atoms with Crippen molar-refractivity contribution >= 4 is 39.1 Å². The van der Waals surface area contributed by atoms with Crippen LogP contribution in [0, 0.1) is 0 Å². The summed E-state index contributed by atoms with van der Waals surface area (Å²) in [5.41, 5.74) is -1.32. The van der Waals surface area contributed by atoms with E-state index in [4.69, 9.17) is 16.0 Å². The summed E-state index contributed by atoms with van der Waals surface area (Å²) in [7, 11) is 0. The van der Waals surface area contributed by atoms with Crippen LogP contribution in [-0.2, 0) is 6.18 Å². The van der Waals surface area contributed by atoms with E-state index in [0.29, 0.717) is 0 Å². The van der Waals surface area contributed by atoms with Crippen molar-refractivity contribution in [2.45, 2.75) is 6.18 Å². The van der Waals surface area contributed by atoms with Crippen LogP contribution < -0.4 is 5.32 Å². The van der Waals surface area contributed by atoms with E-state index in [2.05, 4.69) is 21.2 Å². The molecule has 2 aromatic rings. The molecule has 0 spiro atoms. The maximum absolute atomic E-state index is 12.9. The normalized spacial score (nSPS) is 11.4. The van der Waals surface area contributed by atoms with Gasteiger partial charge < -0.3 is 9.73 Å². The quantitative estimate of drug-likeness (QED) is 0.813. The monoisotopic (exact) mass is 367 g/mol. The number of carbonyl (C=O) groups excluding carboxylic acids is 1. The summed E-state index contributed by atoms with van der Waals surface area (Å²) in [6.07, 6.45) is -4.59. The molecule has 8 heteroatoms. The van der Waals surface area contributed by atoms with E-state index in [9.17, 15) is 18.0 Å². The highest BCUT2D eigenvalue weighted by Crippen LogP contribution is 2.36. The van der Waals surface area contributed by atoms with Gasteiger partial charge >= 0.3 is 6.18 Å². The lowest BCUT2D eigenvalue weighted by Gasteiger charge is -2.13. The summed E-state index contributed by atoms with van der Waals surface area (Å²) in [5.74, 6) is -0.990. The molecule has 0 aliphatic rings. The molecule has 20 heavy (non-hydrogen) atoms. The SMILES string of the molecule is O=C(Nc1ccc(Br)cc1C(F)(F)F)c1ccc(Cl)o1. The third-order valence-corrected chi connectivity index (χ3v) is 3.03. The van der Waals surface area contributed by atoms with Gasteiger partial charge in [-0.1, -0.05) is 15.9 Å². The number of amides is 1. The average Bonchev–Trinajstić information content (AvgIpc) is 2.77. The molecule has 0 radical (unpaired) electrons. The molecule has 0 saturated carbocycles. The lowest BCUT2D eigenvalue weighted by atomic mass is 10.1. The third kappa shape index (κ3) is 3.34. The number of hydrogen-bond acceptors (Lipinski definition) is 2. The molecule has 0 unspecified atom stereocenters. The summed E-state index contributed by atoms with van der Waals surface area (Å²) in [4.78, 5) is 11.7. The zero-order chi connectivity index (χ0) is 14.9. The van der Waals surface area contributed by atoms with E-state index in [1.165, 1.54) is 18.2 Å². The molecule has 1 aromatic heterocycles. The minimum atomic E-state index is -4.59. The lowest BCUT2D eigenvalue weighted by molar-refractivity contribution is -0.136. The van der Waals surface area contributed by atoms with Gasteiger partial charge in [-0.3, -0.25) is 4.79 Å². The standard InChI is InChI=1S/C12H6BrClF3NO2/c13-6-1-2-8(7(5-6)12(15,16)17)18-11(19)9-3-4-10(14)20-9/h1-5H,(H,18,19). The molecule has 1 amide bonds. The Kier molecular flexibility index (Phi) is 4.10. The Bertz CT molecular complexity index is 654. The molecule has 0 atom stereocenters. The first-order valence-corrected chi connectivity index (χ1v) is 6.38. The molecule has 106 valence electrons. The van der Waals surface area contributed by atoms with Crippen molar-refractivity contribution in [3.63, 3.8) is 0 Å². The molecule has 1 aromatic carbocycles. The topological polar surface area (TPSA) is 42.2 Å². The van der Waals surface area contributed by atoms with Crippen molar-refractivity contribution in [1.29, 1.82) is 0 Å². The van der Waals surface area contributed by atoms with E-state index in [-0.39, 0.29) is 21.1 Å². The first-order valence-electron chi connectivity index (χ1n) is 5.21. The Morgan fingerprint density at radius 3 is 2.50 bits per heavy atom. The van der Waals surface area contributed by atoms with Crippen molar-refractivity contribution in [3.05, 3.63) is 51.3 Å². The molecule has 0 saturated heterocycles. The first kappa shape index (κ1) is 14.9.